The van der Waals surface area contributed by atoms with Gasteiger partial charge in [0.2, 0.25) is 11.7 Å². The summed E-state index contributed by atoms with van der Waals surface area (Å²) in [6, 6.07) is 9.95. The van der Waals surface area contributed by atoms with Crippen LogP contribution in [0.5, 0.6) is 0 Å². The van der Waals surface area contributed by atoms with Crippen molar-refractivity contribution < 1.29 is 4.52 Å². The molecular weight excluding hydrogens is 304 g/mol. The Balaban J connectivity index is 1.40. The highest BCUT2D eigenvalue weighted by molar-refractivity contribution is 5.53. The smallest absolute Gasteiger partial charge is 0.231 e. The summed E-state index contributed by atoms with van der Waals surface area (Å²) < 4.78 is 7.41. The monoisotopic (exact) mass is 324 g/mol. The molecule has 2 aromatic heterocycles. The highest BCUT2D eigenvalue weighted by Gasteiger charge is 2.26. The second-order valence-corrected chi connectivity index (χ2v) is 6.12. The van der Waals surface area contributed by atoms with Crippen LogP contribution in [-0.4, -0.2) is 49.4 Å². The van der Waals surface area contributed by atoms with Crippen LogP contribution in [0.2, 0.25) is 0 Å². The van der Waals surface area contributed by atoms with Crippen molar-refractivity contribution in [3.05, 3.63) is 48.9 Å². The molecule has 1 aliphatic rings. The number of likely N-dealkylation sites (tertiary alicyclic amines) is 1. The minimum atomic E-state index is 0.305. The first kappa shape index (κ1) is 15.0. The van der Waals surface area contributed by atoms with E-state index in [1.165, 1.54) is 0 Å². The van der Waals surface area contributed by atoms with E-state index in [9.17, 15) is 0 Å². The molecule has 0 spiro atoms. The fourth-order valence-corrected chi connectivity index (χ4v) is 3.16. The Morgan fingerprint density at radius 3 is 2.92 bits per heavy atom. The van der Waals surface area contributed by atoms with E-state index in [-0.39, 0.29) is 0 Å². The molecule has 1 aliphatic heterocycles. The second kappa shape index (κ2) is 6.92. The first-order chi connectivity index (χ1) is 11.9. The lowest BCUT2D eigenvalue weighted by Gasteiger charge is -2.30. The first-order valence-corrected chi connectivity index (χ1v) is 8.32. The zero-order valence-electron chi connectivity index (χ0n) is 13.5. The number of aromatic nitrogens is 5. The molecule has 0 unspecified atom stereocenters. The molecule has 4 rings (SSSR count). The van der Waals surface area contributed by atoms with Crippen molar-refractivity contribution in [3.63, 3.8) is 0 Å². The van der Waals surface area contributed by atoms with Crippen LogP contribution in [0.4, 0.5) is 0 Å². The third kappa shape index (κ3) is 3.35. The molecule has 0 amide bonds. The van der Waals surface area contributed by atoms with Crippen molar-refractivity contribution in [3.8, 4) is 11.4 Å². The Bertz CT molecular complexity index is 755. The van der Waals surface area contributed by atoms with Crippen LogP contribution in [-0.2, 0) is 6.54 Å². The summed E-state index contributed by atoms with van der Waals surface area (Å²) in [6.45, 7) is 3.86. The van der Waals surface area contributed by atoms with Gasteiger partial charge in [0.25, 0.3) is 0 Å². The summed E-state index contributed by atoms with van der Waals surface area (Å²) in [6.07, 6.45) is 5.56. The molecule has 3 heterocycles. The predicted octanol–water partition coefficient (Wildman–Crippen LogP) is 2.21. The van der Waals surface area contributed by atoms with Gasteiger partial charge in [0, 0.05) is 18.7 Å². The van der Waals surface area contributed by atoms with Gasteiger partial charge in [0.15, 0.2) is 0 Å². The molecule has 24 heavy (non-hydrogen) atoms. The van der Waals surface area contributed by atoms with Crippen LogP contribution < -0.4 is 0 Å². The third-order valence-electron chi connectivity index (χ3n) is 4.44. The summed E-state index contributed by atoms with van der Waals surface area (Å²) in [4.78, 5) is 11.0. The van der Waals surface area contributed by atoms with Gasteiger partial charge in [-0.3, -0.25) is 4.68 Å². The Morgan fingerprint density at radius 2 is 2.08 bits per heavy atom. The molecule has 1 saturated heterocycles. The van der Waals surface area contributed by atoms with Crippen LogP contribution in [0.25, 0.3) is 11.4 Å². The molecule has 1 aromatic carbocycles. The predicted molar refractivity (Wildman–Crippen MR) is 88.2 cm³/mol. The summed E-state index contributed by atoms with van der Waals surface area (Å²) in [5.74, 6) is 1.73. The molecule has 1 fully saturated rings. The Kier molecular flexibility index (Phi) is 4.33. The van der Waals surface area contributed by atoms with Crippen LogP contribution in [0.1, 0.15) is 24.7 Å². The minimum absolute atomic E-state index is 0.305. The average Bonchev–Trinajstić information content (AvgIpc) is 3.33. The number of piperidine rings is 1. The van der Waals surface area contributed by atoms with Gasteiger partial charge in [0.05, 0.1) is 12.5 Å². The van der Waals surface area contributed by atoms with Crippen LogP contribution >= 0.6 is 0 Å². The molecule has 0 aliphatic carbocycles. The van der Waals surface area contributed by atoms with Crippen molar-refractivity contribution >= 4 is 0 Å². The number of nitrogens with zero attached hydrogens (tertiary/aromatic N) is 6. The van der Waals surface area contributed by atoms with Crippen molar-refractivity contribution in [1.29, 1.82) is 0 Å². The van der Waals surface area contributed by atoms with E-state index in [1.807, 2.05) is 35.0 Å². The number of hydrogen-bond acceptors (Lipinski definition) is 6. The van der Waals surface area contributed by atoms with E-state index >= 15 is 0 Å². The highest BCUT2D eigenvalue weighted by atomic mass is 16.5. The highest BCUT2D eigenvalue weighted by Crippen LogP contribution is 2.27. The van der Waals surface area contributed by atoms with Gasteiger partial charge >= 0.3 is 0 Å². The Labute approximate surface area is 140 Å². The standard InChI is InChI=1S/C17H20N6O/c1-2-5-14(6-3-1)16-20-17(24-21-16)15-7-4-8-22(11-15)9-10-23-13-18-12-19-23/h1-3,5-6,12-13,15H,4,7-11H2/t15-/m0/s1. The topological polar surface area (TPSA) is 72.9 Å². The number of hydrogen-bond donors (Lipinski definition) is 0. The fourth-order valence-electron chi connectivity index (χ4n) is 3.16. The van der Waals surface area contributed by atoms with Gasteiger partial charge in [-0.05, 0) is 19.4 Å². The normalized spacial score (nSPS) is 18.8. The lowest BCUT2D eigenvalue weighted by Crippen LogP contribution is -2.36. The van der Waals surface area contributed by atoms with Gasteiger partial charge < -0.3 is 9.42 Å². The minimum Gasteiger partial charge on any atom is -0.339 e. The molecule has 0 bridgehead atoms. The summed E-state index contributed by atoms with van der Waals surface area (Å²) >= 11 is 0. The summed E-state index contributed by atoms with van der Waals surface area (Å²) in [5, 5.41) is 8.30. The quantitative estimate of drug-likeness (QED) is 0.716. The van der Waals surface area contributed by atoms with Crippen LogP contribution in [0.3, 0.4) is 0 Å². The molecular formula is C17H20N6O. The van der Waals surface area contributed by atoms with E-state index in [0.717, 1.165) is 50.5 Å². The zero-order chi connectivity index (χ0) is 16.2. The van der Waals surface area contributed by atoms with Crippen LogP contribution in [0.15, 0.2) is 47.5 Å². The van der Waals surface area contributed by atoms with Gasteiger partial charge in [-0.2, -0.15) is 10.1 Å². The zero-order valence-corrected chi connectivity index (χ0v) is 13.5. The first-order valence-electron chi connectivity index (χ1n) is 8.32. The van der Waals surface area contributed by atoms with Gasteiger partial charge in [0.1, 0.15) is 12.7 Å². The number of benzene rings is 1. The van der Waals surface area contributed by atoms with E-state index in [2.05, 4.69) is 25.1 Å². The molecule has 3 aromatic rings. The molecule has 1 atom stereocenters. The number of rotatable bonds is 5. The molecule has 0 saturated carbocycles. The maximum Gasteiger partial charge on any atom is 0.231 e. The summed E-state index contributed by atoms with van der Waals surface area (Å²) in [7, 11) is 0. The van der Waals surface area contributed by atoms with E-state index in [4.69, 9.17) is 4.52 Å². The lowest BCUT2D eigenvalue weighted by atomic mass is 9.98. The molecule has 0 N–H and O–H groups in total. The van der Waals surface area contributed by atoms with E-state index in [0.29, 0.717) is 11.7 Å². The Hall–Kier alpha value is -2.54. The molecule has 124 valence electrons. The van der Waals surface area contributed by atoms with Gasteiger partial charge in [-0.15, -0.1) is 0 Å². The van der Waals surface area contributed by atoms with Crippen molar-refractivity contribution in [2.75, 3.05) is 19.6 Å². The molecule has 7 heteroatoms. The third-order valence-corrected chi connectivity index (χ3v) is 4.44. The lowest BCUT2D eigenvalue weighted by molar-refractivity contribution is 0.179. The van der Waals surface area contributed by atoms with Crippen LogP contribution in [0, 0.1) is 0 Å². The van der Waals surface area contributed by atoms with Crippen molar-refractivity contribution in [2.24, 2.45) is 0 Å². The molecule has 7 nitrogen and oxygen atoms in total. The SMILES string of the molecule is c1ccc(-c2noc([C@H]3CCCN(CCn4cncn4)C3)n2)cc1. The van der Waals surface area contributed by atoms with Gasteiger partial charge in [-0.25, -0.2) is 4.98 Å². The second-order valence-electron chi connectivity index (χ2n) is 6.12. The maximum atomic E-state index is 5.54. The van der Waals surface area contributed by atoms with Crippen molar-refractivity contribution in [2.45, 2.75) is 25.3 Å². The van der Waals surface area contributed by atoms with Crippen molar-refractivity contribution in [1.82, 2.24) is 29.8 Å². The van der Waals surface area contributed by atoms with Gasteiger partial charge in [-0.1, -0.05) is 35.5 Å². The van der Waals surface area contributed by atoms with E-state index in [1.54, 1.807) is 12.7 Å². The summed E-state index contributed by atoms with van der Waals surface area (Å²) in [5.41, 5.74) is 0.992. The maximum absolute atomic E-state index is 5.54. The molecule has 0 radical (unpaired) electrons. The largest absolute Gasteiger partial charge is 0.339 e. The Morgan fingerprint density at radius 1 is 1.17 bits per heavy atom. The fraction of sp³-hybridized carbons (Fsp3) is 0.412. The van der Waals surface area contributed by atoms with E-state index < -0.39 is 0 Å². The average molecular weight is 324 g/mol.